The molecular formula is C2H2NO2-. The lowest BCUT2D eigenvalue weighted by Crippen LogP contribution is -2.22. The van der Waals surface area contributed by atoms with Crippen LogP contribution in [-0.2, 0) is 4.79 Å². The molecule has 0 amide bonds. The first-order valence-corrected chi connectivity index (χ1v) is 0.986. The molecule has 0 aliphatic rings. The molecule has 0 atom stereocenters. The number of hydrogen-bond donors (Lipinski definition) is 1. The summed E-state index contributed by atoms with van der Waals surface area (Å²) in [6.07, 6.45) is 0.222. The van der Waals surface area contributed by atoms with Crippen molar-refractivity contribution in [1.82, 2.24) is 0 Å². The molecule has 0 spiro atoms. The van der Waals surface area contributed by atoms with E-state index in [9.17, 15) is 0 Å². The molecule has 0 aromatic carbocycles. The Kier molecular flexibility index (Phi) is 1.21. The molecule has 0 aromatic rings. The highest BCUT2D eigenvalue weighted by molar-refractivity contribution is 6.19. The summed E-state index contributed by atoms with van der Waals surface area (Å²) in [7, 11) is 0. The maximum Gasteiger partial charge on any atom is 0.0818 e. The summed E-state index contributed by atoms with van der Waals surface area (Å²) < 4.78 is 0. The molecule has 0 heterocycles. The zero-order valence-electron chi connectivity index (χ0n) is 2.39. The SMILES string of the molecule is N=CC(=O)[O-]. The average Bonchev–Trinajstić information content (AvgIpc) is 1.38. The van der Waals surface area contributed by atoms with Gasteiger partial charge >= 0.3 is 0 Å². The number of nitrogens with one attached hydrogen (secondary N) is 1. The molecule has 0 rings (SSSR count). The summed E-state index contributed by atoms with van der Waals surface area (Å²) in [5, 5.41) is 14.9. The molecule has 0 radical (unpaired) electrons. The first kappa shape index (κ1) is 4.14. The van der Waals surface area contributed by atoms with E-state index in [2.05, 4.69) is 0 Å². The van der Waals surface area contributed by atoms with Crippen molar-refractivity contribution in [3.63, 3.8) is 0 Å². The summed E-state index contributed by atoms with van der Waals surface area (Å²) in [4.78, 5) is 9.01. The van der Waals surface area contributed by atoms with Crippen LogP contribution in [-0.4, -0.2) is 12.2 Å². The van der Waals surface area contributed by atoms with Gasteiger partial charge in [0.1, 0.15) is 0 Å². The summed E-state index contributed by atoms with van der Waals surface area (Å²) in [5.74, 6) is -1.45. The van der Waals surface area contributed by atoms with Crippen molar-refractivity contribution >= 4 is 12.2 Å². The summed E-state index contributed by atoms with van der Waals surface area (Å²) in [6, 6.07) is 0. The molecule has 0 saturated carbocycles. The second kappa shape index (κ2) is 1.46. The van der Waals surface area contributed by atoms with E-state index in [1.807, 2.05) is 0 Å². The van der Waals surface area contributed by atoms with Crippen LogP contribution in [0, 0.1) is 5.41 Å². The Bertz CT molecular complexity index is 58.7. The lowest BCUT2D eigenvalue weighted by Gasteiger charge is -1.79. The zero-order valence-corrected chi connectivity index (χ0v) is 2.39. The van der Waals surface area contributed by atoms with Crippen LogP contribution < -0.4 is 5.11 Å². The van der Waals surface area contributed by atoms with Crippen molar-refractivity contribution in [1.29, 1.82) is 5.41 Å². The number of carbonyl (C=O) groups excluding carboxylic acids is 1. The van der Waals surface area contributed by atoms with Crippen molar-refractivity contribution in [3.8, 4) is 0 Å². The molecule has 28 valence electrons. The number of hydrogen-bond acceptors (Lipinski definition) is 3. The molecule has 3 heteroatoms. The molecule has 0 fully saturated rings. The van der Waals surface area contributed by atoms with E-state index in [0.717, 1.165) is 0 Å². The van der Waals surface area contributed by atoms with Crippen LogP contribution in [0.4, 0.5) is 0 Å². The maximum absolute atomic E-state index is 9.01. The van der Waals surface area contributed by atoms with Gasteiger partial charge in [0.05, 0.1) is 5.97 Å². The monoisotopic (exact) mass is 72.0 g/mol. The van der Waals surface area contributed by atoms with Crippen LogP contribution in [0.25, 0.3) is 0 Å². The van der Waals surface area contributed by atoms with Crippen LogP contribution in [0.15, 0.2) is 0 Å². The number of rotatable bonds is 1. The van der Waals surface area contributed by atoms with Crippen LogP contribution >= 0.6 is 0 Å². The third-order valence-electron chi connectivity index (χ3n) is 0.118. The van der Waals surface area contributed by atoms with Gasteiger partial charge in [-0.3, -0.25) is 0 Å². The van der Waals surface area contributed by atoms with E-state index in [1.54, 1.807) is 0 Å². The molecule has 3 nitrogen and oxygen atoms in total. The van der Waals surface area contributed by atoms with E-state index in [4.69, 9.17) is 15.3 Å². The number of aliphatic carboxylic acids is 1. The molecule has 1 N–H and O–H groups in total. The molecule has 0 aliphatic heterocycles. The fraction of sp³-hybridized carbons (Fsp3) is 0. The van der Waals surface area contributed by atoms with Gasteiger partial charge < -0.3 is 15.3 Å². The fourth-order valence-corrected chi connectivity index (χ4v) is 0. The van der Waals surface area contributed by atoms with Crippen LogP contribution in [0.2, 0.25) is 0 Å². The highest BCUT2D eigenvalue weighted by Crippen LogP contribution is 1.30. The lowest BCUT2D eigenvalue weighted by atomic mass is 10.8. The minimum Gasteiger partial charge on any atom is -0.544 e. The topological polar surface area (TPSA) is 64.0 Å². The third-order valence-corrected chi connectivity index (χ3v) is 0.118. The summed E-state index contributed by atoms with van der Waals surface area (Å²) in [6.45, 7) is 0. The third kappa shape index (κ3) is 3.14. The molecular weight excluding hydrogens is 70.0 g/mol. The lowest BCUT2D eigenvalue weighted by molar-refractivity contribution is -0.293. The van der Waals surface area contributed by atoms with Gasteiger partial charge in [0.2, 0.25) is 0 Å². The Morgan fingerprint density at radius 2 is 2.20 bits per heavy atom. The number of carboxylic acids is 1. The number of carboxylic acid groups (broad SMARTS) is 1. The molecule has 0 saturated heterocycles. The second-order valence-corrected chi connectivity index (χ2v) is 0.463. The van der Waals surface area contributed by atoms with Gasteiger partial charge in [-0.25, -0.2) is 0 Å². The van der Waals surface area contributed by atoms with Gasteiger partial charge in [0.15, 0.2) is 0 Å². The van der Waals surface area contributed by atoms with Crippen LogP contribution in [0.5, 0.6) is 0 Å². The van der Waals surface area contributed by atoms with E-state index in [1.165, 1.54) is 0 Å². The minimum atomic E-state index is -1.45. The molecule has 0 aromatic heterocycles. The maximum atomic E-state index is 9.01. The van der Waals surface area contributed by atoms with Crippen LogP contribution in [0.1, 0.15) is 0 Å². The van der Waals surface area contributed by atoms with Crippen LogP contribution in [0.3, 0.4) is 0 Å². The van der Waals surface area contributed by atoms with E-state index in [0.29, 0.717) is 0 Å². The van der Waals surface area contributed by atoms with Gasteiger partial charge in [-0.05, 0) is 0 Å². The smallest absolute Gasteiger partial charge is 0.0818 e. The highest BCUT2D eigenvalue weighted by Gasteiger charge is 1.58. The van der Waals surface area contributed by atoms with E-state index >= 15 is 0 Å². The predicted molar refractivity (Wildman–Crippen MR) is 13.8 cm³/mol. The van der Waals surface area contributed by atoms with Crippen molar-refractivity contribution in [3.05, 3.63) is 0 Å². The summed E-state index contributed by atoms with van der Waals surface area (Å²) >= 11 is 0. The Labute approximate surface area is 28.7 Å². The van der Waals surface area contributed by atoms with E-state index in [-0.39, 0.29) is 6.21 Å². The van der Waals surface area contributed by atoms with Gasteiger partial charge in [0, 0.05) is 6.21 Å². The first-order valence-electron chi connectivity index (χ1n) is 0.986. The number of carbonyl (C=O) groups is 1. The van der Waals surface area contributed by atoms with Gasteiger partial charge in [-0.15, -0.1) is 0 Å². The molecule has 0 unspecified atom stereocenters. The Morgan fingerprint density at radius 3 is 2.20 bits per heavy atom. The molecule has 0 aliphatic carbocycles. The van der Waals surface area contributed by atoms with Crippen molar-refractivity contribution in [2.45, 2.75) is 0 Å². The minimum absolute atomic E-state index is 0.222. The quantitative estimate of drug-likeness (QED) is 0.378. The van der Waals surface area contributed by atoms with Crippen molar-refractivity contribution < 1.29 is 9.90 Å². The average molecular weight is 72.0 g/mol. The van der Waals surface area contributed by atoms with Gasteiger partial charge in [-0.2, -0.15) is 0 Å². The second-order valence-electron chi connectivity index (χ2n) is 0.463. The van der Waals surface area contributed by atoms with Gasteiger partial charge in [0.25, 0.3) is 0 Å². The highest BCUT2D eigenvalue weighted by atomic mass is 16.4. The summed E-state index contributed by atoms with van der Waals surface area (Å²) in [5.41, 5.74) is 0. The Hall–Kier alpha value is -0.860. The zero-order chi connectivity index (χ0) is 4.28. The molecule has 0 bridgehead atoms. The largest absolute Gasteiger partial charge is 0.544 e. The molecule has 5 heavy (non-hydrogen) atoms. The first-order chi connectivity index (χ1) is 2.27. The van der Waals surface area contributed by atoms with Gasteiger partial charge in [-0.1, -0.05) is 0 Å². The normalized spacial score (nSPS) is 6.40. The predicted octanol–water partition coefficient (Wildman–Crippen LogP) is -1.61. The Morgan fingerprint density at radius 1 is 2.00 bits per heavy atom. The fourth-order valence-electron chi connectivity index (χ4n) is 0. The van der Waals surface area contributed by atoms with E-state index < -0.39 is 5.97 Å². The van der Waals surface area contributed by atoms with Crippen molar-refractivity contribution in [2.75, 3.05) is 0 Å². The standard InChI is InChI=1S/C2H3NO2/c3-1-2(4)5/h1,3H,(H,4,5)/p-1. The van der Waals surface area contributed by atoms with Crippen molar-refractivity contribution in [2.24, 2.45) is 0 Å². The Balaban J connectivity index is 3.20.